The minimum Gasteiger partial charge on any atom is -0.117 e. The molecule has 0 fully saturated rings. The normalized spacial score (nSPS) is 12.4. The minimum absolute atomic E-state index is 0.120. The molecule has 0 aliphatic carbocycles. The maximum atomic E-state index is 6.37. The Morgan fingerprint density at radius 3 is 2.18 bits per heavy atom. The van der Waals surface area contributed by atoms with E-state index in [-0.39, 0.29) is 5.38 Å². The Labute approximate surface area is 116 Å². The standard InChI is InChI=1S/C14H11Cl3/c15-11-7-5-10(6-8-11)9-14(17)12-3-1-2-4-13(12)16/h1-8,14H,9H2. The summed E-state index contributed by atoms with van der Waals surface area (Å²) >= 11 is 18.3. The van der Waals surface area contributed by atoms with E-state index in [4.69, 9.17) is 34.8 Å². The molecule has 0 radical (unpaired) electrons. The van der Waals surface area contributed by atoms with Gasteiger partial charge in [0.15, 0.2) is 0 Å². The van der Waals surface area contributed by atoms with E-state index in [0.29, 0.717) is 5.02 Å². The predicted molar refractivity (Wildman–Crippen MR) is 75.2 cm³/mol. The molecule has 2 rings (SSSR count). The molecule has 0 aliphatic heterocycles. The van der Waals surface area contributed by atoms with Gasteiger partial charge in [-0.3, -0.25) is 0 Å². The van der Waals surface area contributed by atoms with Crippen LogP contribution >= 0.6 is 34.8 Å². The highest BCUT2D eigenvalue weighted by Gasteiger charge is 2.11. The molecular formula is C14H11Cl3. The van der Waals surface area contributed by atoms with Gasteiger partial charge in [0.25, 0.3) is 0 Å². The fourth-order valence-corrected chi connectivity index (χ4v) is 2.48. The molecule has 0 heterocycles. The van der Waals surface area contributed by atoms with Crippen molar-refractivity contribution in [3.8, 4) is 0 Å². The summed E-state index contributed by atoms with van der Waals surface area (Å²) in [6, 6.07) is 15.4. The van der Waals surface area contributed by atoms with Crippen LogP contribution in [-0.2, 0) is 6.42 Å². The van der Waals surface area contributed by atoms with Gasteiger partial charge in [0.05, 0.1) is 5.38 Å². The molecule has 17 heavy (non-hydrogen) atoms. The lowest BCUT2D eigenvalue weighted by atomic mass is 10.0. The van der Waals surface area contributed by atoms with E-state index in [0.717, 1.165) is 22.6 Å². The van der Waals surface area contributed by atoms with Gasteiger partial charge < -0.3 is 0 Å². The van der Waals surface area contributed by atoms with Crippen LogP contribution in [0.4, 0.5) is 0 Å². The summed E-state index contributed by atoms with van der Waals surface area (Å²) in [5.74, 6) is 0. The number of rotatable bonds is 3. The molecule has 1 atom stereocenters. The summed E-state index contributed by atoms with van der Waals surface area (Å²) < 4.78 is 0. The topological polar surface area (TPSA) is 0 Å². The third-order valence-corrected chi connectivity index (χ3v) is 3.56. The minimum atomic E-state index is -0.120. The summed E-state index contributed by atoms with van der Waals surface area (Å²) in [6.07, 6.45) is 0.739. The van der Waals surface area contributed by atoms with Gasteiger partial charge in [-0.1, -0.05) is 53.5 Å². The maximum absolute atomic E-state index is 6.37. The third-order valence-electron chi connectivity index (χ3n) is 2.57. The van der Waals surface area contributed by atoms with E-state index in [1.807, 2.05) is 48.5 Å². The second kappa shape index (κ2) is 5.77. The lowest BCUT2D eigenvalue weighted by Gasteiger charge is -2.11. The van der Waals surface area contributed by atoms with Crippen LogP contribution in [0.1, 0.15) is 16.5 Å². The monoisotopic (exact) mass is 284 g/mol. The lowest BCUT2D eigenvalue weighted by molar-refractivity contribution is 0.920. The molecule has 88 valence electrons. The van der Waals surface area contributed by atoms with Crippen molar-refractivity contribution in [2.24, 2.45) is 0 Å². The van der Waals surface area contributed by atoms with Gasteiger partial charge in [0.2, 0.25) is 0 Å². The second-order valence-electron chi connectivity index (χ2n) is 3.82. The van der Waals surface area contributed by atoms with Crippen LogP contribution in [0.25, 0.3) is 0 Å². The smallest absolute Gasteiger partial charge is 0.0640 e. The Kier molecular flexibility index (Phi) is 4.33. The summed E-state index contributed by atoms with van der Waals surface area (Å²) in [5.41, 5.74) is 2.11. The van der Waals surface area contributed by atoms with E-state index in [1.54, 1.807) is 0 Å². The van der Waals surface area contributed by atoms with Crippen LogP contribution in [0.5, 0.6) is 0 Å². The molecule has 0 N–H and O–H groups in total. The first-order valence-electron chi connectivity index (χ1n) is 5.30. The van der Waals surface area contributed by atoms with Crippen molar-refractivity contribution < 1.29 is 0 Å². The van der Waals surface area contributed by atoms with Crippen LogP contribution in [-0.4, -0.2) is 0 Å². The SMILES string of the molecule is Clc1ccc(CC(Cl)c2ccccc2Cl)cc1. The van der Waals surface area contributed by atoms with E-state index in [1.165, 1.54) is 0 Å². The van der Waals surface area contributed by atoms with Crippen LogP contribution in [0.15, 0.2) is 48.5 Å². The van der Waals surface area contributed by atoms with Gasteiger partial charge >= 0.3 is 0 Å². The highest BCUT2D eigenvalue weighted by Crippen LogP contribution is 2.30. The molecule has 0 bridgehead atoms. The molecule has 2 aromatic carbocycles. The summed E-state index contributed by atoms with van der Waals surface area (Å²) in [7, 11) is 0. The van der Waals surface area contributed by atoms with Crippen LogP contribution in [0.3, 0.4) is 0 Å². The first-order chi connectivity index (χ1) is 8.16. The van der Waals surface area contributed by atoms with Crippen molar-refractivity contribution in [3.05, 3.63) is 69.7 Å². The van der Waals surface area contributed by atoms with Gasteiger partial charge in [-0.25, -0.2) is 0 Å². The van der Waals surface area contributed by atoms with Gasteiger partial charge in [-0.2, -0.15) is 0 Å². The highest BCUT2D eigenvalue weighted by atomic mass is 35.5. The van der Waals surface area contributed by atoms with Crippen LogP contribution in [0, 0.1) is 0 Å². The quantitative estimate of drug-likeness (QED) is 0.652. The van der Waals surface area contributed by atoms with Crippen molar-refractivity contribution in [2.45, 2.75) is 11.8 Å². The Morgan fingerprint density at radius 1 is 0.882 bits per heavy atom. The second-order valence-corrected chi connectivity index (χ2v) is 5.19. The van der Waals surface area contributed by atoms with Gasteiger partial charge in [0, 0.05) is 10.0 Å². The lowest BCUT2D eigenvalue weighted by Crippen LogP contribution is -1.96. The third kappa shape index (κ3) is 3.38. The first-order valence-corrected chi connectivity index (χ1v) is 6.49. The Hall–Kier alpha value is -0.690. The highest BCUT2D eigenvalue weighted by molar-refractivity contribution is 6.32. The molecule has 0 saturated heterocycles. The van der Waals surface area contributed by atoms with Crippen molar-refractivity contribution in [1.82, 2.24) is 0 Å². The Morgan fingerprint density at radius 2 is 1.53 bits per heavy atom. The zero-order valence-electron chi connectivity index (χ0n) is 9.04. The molecule has 0 aliphatic rings. The van der Waals surface area contributed by atoms with Crippen molar-refractivity contribution >= 4 is 34.8 Å². The molecule has 0 nitrogen and oxygen atoms in total. The van der Waals surface area contributed by atoms with E-state index in [9.17, 15) is 0 Å². The van der Waals surface area contributed by atoms with Crippen molar-refractivity contribution in [3.63, 3.8) is 0 Å². The first kappa shape index (κ1) is 12.8. The summed E-state index contributed by atoms with van der Waals surface area (Å²) in [5, 5.41) is 1.32. The molecule has 0 amide bonds. The van der Waals surface area contributed by atoms with Crippen molar-refractivity contribution in [1.29, 1.82) is 0 Å². The van der Waals surface area contributed by atoms with Gasteiger partial charge in [-0.15, -0.1) is 11.6 Å². The molecule has 1 unspecified atom stereocenters. The average molecular weight is 286 g/mol. The number of halogens is 3. The number of alkyl halides is 1. The molecule has 0 spiro atoms. The van der Waals surface area contributed by atoms with Gasteiger partial charge in [0.1, 0.15) is 0 Å². The summed E-state index contributed by atoms with van der Waals surface area (Å²) in [6.45, 7) is 0. The van der Waals surface area contributed by atoms with E-state index in [2.05, 4.69) is 0 Å². The molecular weight excluding hydrogens is 275 g/mol. The van der Waals surface area contributed by atoms with E-state index < -0.39 is 0 Å². The molecule has 3 heteroatoms. The predicted octanol–water partition coefficient (Wildman–Crippen LogP) is 5.52. The zero-order chi connectivity index (χ0) is 12.3. The zero-order valence-corrected chi connectivity index (χ0v) is 11.3. The van der Waals surface area contributed by atoms with Gasteiger partial charge in [-0.05, 0) is 35.7 Å². The van der Waals surface area contributed by atoms with Crippen molar-refractivity contribution in [2.75, 3.05) is 0 Å². The van der Waals surface area contributed by atoms with E-state index >= 15 is 0 Å². The summed E-state index contributed by atoms with van der Waals surface area (Å²) in [4.78, 5) is 0. The number of hydrogen-bond acceptors (Lipinski definition) is 0. The fourth-order valence-electron chi connectivity index (χ4n) is 1.67. The maximum Gasteiger partial charge on any atom is 0.0640 e. The molecule has 0 aromatic heterocycles. The molecule has 0 saturated carbocycles. The number of benzene rings is 2. The average Bonchev–Trinajstić information content (AvgIpc) is 2.32. The molecule has 2 aromatic rings. The number of hydrogen-bond donors (Lipinski definition) is 0. The van der Waals surface area contributed by atoms with Crippen LogP contribution < -0.4 is 0 Å². The Bertz CT molecular complexity index is 491. The Balaban J connectivity index is 2.14. The van der Waals surface area contributed by atoms with Crippen LogP contribution in [0.2, 0.25) is 10.0 Å². The fraction of sp³-hybridized carbons (Fsp3) is 0.143. The largest absolute Gasteiger partial charge is 0.117 e.